The summed E-state index contributed by atoms with van der Waals surface area (Å²) in [6.07, 6.45) is 0.384. The van der Waals surface area contributed by atoms with Crippen molar-refractivity contribution >= 4 is 46.7 Å². The molecule has 0 fully saturated rings. The van der Waals surface area contributed by atoms with Gasteiger partial charge in [-0.15, -0.1) is 23.2 Å². The molecule has 0 aromatic carbocycles. The molecule has 2 atom stereocenters. The summed E-state index contributed by atoms with van der Waals surface area (Å²) in [6, 6.07) is 0. The molecule has 0 heterocycles. The molecule has 0 N–H and O–H groups in total. The van der Waals surface area contributed by atoms with Gasteiger partial charge in [0.1, 0.15) is 5.66 Å². The molecule has 0 spiro atoms. The number of nitro groups is 1. The Hall–Kier alpha value is 0.350. The van der Waals surface area contributed by atoms with Crippen LogP contribution in [0.2, 0.25) is 0 Å². The second kappa shape index (κ2) is 8.45. The average molecular weight is 439 g/mol. The number of allylic oxidation sites excluding steroid dienone is 1. The van der Waals surface area contributed by atoms with E-state index in [9.17, 15) is 14.7 Å². The van der Waals surface area contributed by atoms with Crippen LogP contribution in [0.25, 0.3) is 0 Å². The SMILES string of the molecule is CC1=C(C)CC(Br)([N+](=O)[O-])C(P(=O)(OCCCl)OCCCl)C1. The van der Waals surface area contributed by atoms with E-state index in [0.29, 0.717) is 0 Å². The van der Waals surface area contributed by atoms with Gasteiger partial charge in [-0.1, -0.05) is 11.1 Å². The summed E-state index contributed by atoms with van der Waals surface area (Å²) in [5.41, 5.74) is 0.905. The number of hydrogen-bond donors (Lipinski definition) is 0. The number of rotatable bonds is 8. The lowest BCUT2D eigenvalue weighted by atomic mass is 9.89. The van der Waals surface area contributed by atoms with Crippen molar-refractivity contribution in [3.05, 3.63) is 21.3 Å². The maximum absolute atomic E-state index is 13.1. The Kier molecular flexibility index (Phi) is 7.83. The van der Waals surface area contributed by atoms with Crippen LogP contribution in [0.3, 0.4) is 0 Å². The first-order valence-corrected chi connectivity index (χ1v) is 10.2. The van der Waals surface area contributed by atoms with Crippen LogP contribution in [-0.4, -0.2) is 40.0 Å². The molecule has 0 radical (unpaired) electrons. The van der Waals surface area contributed by atoms with E-state index in [0.717, 1.165) is 11.1 Å². The zero-order valence-corrected chi connectivity index (χ0v) is 16.4. The van der Waals surface area contributed by atoms with Crippen LogP contribution < -0.4 is 0 Å². The maximum atomic E-state index is 13.1. The Balaban J connectivity index is 3.23. The van der Waals surface area contributed by atoms with Crippen molar-refractivity contribution in [1.82, 2.24) is 0 Å². The quantitative estimate of drug-likeness (QED) is 0.139. The Labute approximate surface area is 148 Å². The van der Waals surface area contributed by atoms with Gasteiger partial charge in [0.15, 0.2) is 0 Å². The van der Waals surface area contributed by atoms with Crippen molar-refractivity contribution in [2.24, 2.45) is 0 Å². The minimum absolute atomic E-state index is 0.0137. The van der Waals surface area contributed by atoms with Crippen LogP contribution in [-0.2, 0) is 13.6 Å². The zero-order chi connectivity index (χ0) is 17.0. The van der Waals surface area contributed by atoms with E-state index < -0.39 is 22.6 Å². The van der Waals surface area contributed by atoms with Crippen molar-refractivity contribution in [3.8, 4) is 0 Å². The molecule has 0 saturated carbocycles. The highest BCUT2D eigenvalue weighted by Crippen LogP contribution is 2.63. The molecule has 1 aliphatic rings. The fourth-order valence-electron chi connectivity index (χ4n) is 2.34. The second-order valence-corrected chi connectivity index (χ2v) is 9.47. The van der Waals surface area contributed by atoms with Gasteiger partial charge in [-0.3, -0.25) is 14.7 Å². The molecule has 22 heavy (non-hydrogen) atoms. The van der Waals surface area contributed by atoms with Gasteiger partial charge < -0.3 is 9.05 Å². The zero-order valence-electron chi connectivity index (χ0n) is 12.4. The molecule has 1 rings (SSSR count). The summed E-state index contributed by atoms with van der Waals surface area (Å²) in [5, 5.41) is 11.6. The lowest BCUT2D eigenvalue weighted by Crippen LogP contribution is -2.47. The third kappa shape index (κ3) is 4.46. The lowest BCUT2D eigenvalue weighted by molar-refractivity contribution is -0.535. The van der Waals surface area contributed by atoms with E-state index in [1.54, 1.807) is 0 Å². The van der Waals surface area contributed by atoms with Crippen LogP contribution in [0, 0.1) is 10.1 Å². The summed E-state index contributed by atoms with van der Waals surface area (Å²) < 4.78 is 22.2. The van der Waals surface area contributed by atoms with Crippen LogP contribution in [0.1, 0.15) is 26.7 Å². The fraction of sp³-hybridized carbons (Fsp3) is 0.833. The van der Waals surface area contributed by atoms with Crippen LogP contribution >= 0.6 is 46.7 Å². The first kappa shape index (κ1) is 20.4. The summed E-state index contributed by atoms with van der Waals surface area (Å²) >= 11 is 14.3. The number of nitrogens with zero attached hydrogens (tertiary/aromatic N) is 1. The molecule has 0 aromatic rings. The molecule has 0 amide bonds. The predicted octanol–water partition coefficient (Wildman–Crippen LogP) is 4.56. The van der Waals surface area contributed by atoms with E-state index in [1.165, 1.54) is 0 Å². The van der Waals surface area contributed by atoms with Gasteiger partial charge >= 0.3 is 7.60 Å². The standard InChI is InChI=1S/C12H19BrCl2NO5P/c1-9-7-11(12(13,16(17)18)8-10(9)2)22(19,20-5-3-14)21-6-4-15/h11H,3-8H2,1-2H3. The summed E-state index contributed by atoms with van der Waals surface area (Å²) in [4.78, 5) is 11.1. The minimum Gasteiger partial charge on any atom is -0.307 e. The smallest absolute Gasteiger partial charge is 0.307 e. The third-order valence-electron chi connectivity index (χ3n) is 3.63. The highest BCUT2D eigenvalue weighted by molar-refractivity contribution is 9.10. The number of alkyl halides is 3. The van der Waals surface area contributed by atoms with Gasteiger partial charge in [0.05, 0.1) is 19.6 Å². The van der Waals surface area contributed by atoms with E-state index in [1.807, 2.05) is 13.8 Å². The molecule has 6 nitrogen and oxygen atoms in total. The molecule has 0 aliphatic heterocycles. The highest BCUT2D eigenvalue weighted by atomic mass is 79.9. The Bertz CT molecular complexity index is 492. The highest BCUT2D eigenvalue weighted by Gasteiger charge is 2.60. The van der Waals surface area contributed by atoms with Gasteiger partial charge in [-0.25, -0.2) is 0 Å². The van der Waals surface area contributed by atoms with E-state index in [2.05, 4.69) is 15.9 Å². The fourth-order valence-corrected chi connectivity index (χ4v) is 6.34. The molecular weight excluding hydrogens is 420 g/mol. The first-order chi connectivity index (χ1) is 10.2. The number of hydrogen-bond acceptors (Lipinski definition) is 5. The molecule has 10 heteroatoms. The minimum atomic E-state index is -3.76. The van der Waals surface area contributed by atoms with Gasteiger partial charge in [0.2, 0.25) is 0 Å². The monoisotopic (exact) mass is 437 g/mol. The van der Waals surface area contributed by atoms with E-state index >= 15 is 0 Å². The summed E-state index contributed by atoms with van der Waals surface area (Å²) in [7, 11) is -3.76. The van der Waals surface area contributed by atoms with Crippen LogP contribution in [0.5, 0.6) is 0 Å². The lowest BCUT2D eigenvalue weighted by Gasteiger charge is -2.37. The van der Waals surface area contributed by atoms with Crippen molar-refractivity contribution in [1.29, 1.82) is 0 Å². The maximum Gasteiger partial charge on any atom is 0.342 e. The van der Waals surface area contributed by atoms with Crippen LogP contribution in [0.4, 0.5) is 0 Å². The molecule has 0 saturated heterocycles. The molecule has 0 bridgehead atoms. The Morgan fingerprint density at radius 2 is 1.82 bits per heavy atom. The topological polar surface area (TPSA) is 78.7 Å². The molecule has 2 unspecified atom stereocenters. The van der Waals surface area contributed by atoms with Crippen LogP contribution in [0.15, 0.2) is 11.1 Å². The van der Waals surface area contributed by atoms with Gasteiger partial charge in [-0.05, 0) is 20.3 Å². The molecule has 128 valence electrons. The Morgan fingerprint density at radius 3 is 2.23 bits per heavy atom. The Morgan fingerprint density at radius 1 is 1.32 bits per heavy atom. The van der Waals surface area contributed by atoms with Crippen molar-refractivity contribution in [2.45, 2.75) is 36.8 Å². The average Bonchev–Trinajstić information content (AvgIpc) is 2.46. The van der Waals surface area contributed by atoms with Crippen molar-refractivity contribution in [3.63, 3.8) is 0 Å². The van der Waals surface area contributed by atoms with E-state index in [4.69, 9.17) is 32.2 Å². The van der Waals surface area contributed by atoms with Crippen molar-refractivity contribution < 1.29 is 18.5 Å². The second-order valence-electron chi connectivity index (χ2n) is 5.12. The molecule has 0 aromatic heterocycles. The van der Waals surface area contributed by atoms with Gasteiger partial charge in [0.25, 0.3) is 4.45 Å². The predicted molar refractivity (Wildman–Crippen MR) is 91.0 cm³/mol. The number of halogens is 3. The molecular formula is C12H19BrCl2NO5P. The van der Waals surface area contributed by atoms with E-state index in [-0.39, 0.29) is 37.8 Å². The van der Waals surface area contributed by atoms with Crippen molar-refractivity contribution in [2.75, 3.05) is 25.0 Å². The first-order valence-electron chi connectivity index (χ1n) is 6.70. The van der Waals surface area contributed by atoms with Gasteiger partial charge in [0, 0.05) is 32.6 Å². The normalized spacial score (nSPS) is 26.3. The largest absolute Gasteiger partial charge is 0.342 e. The molecule has 1 aliphatic carbocycles. The van der Waals surface area contributed by atoms with Gasteiger partial charge in [-0.2, -0.15) is 0 Å². The summed E-state index contributed by atoms with van der Waals surface area (Å²) in [6.45, 7) is 3.66. The summed E-state index contributed by atoms with van der Waals surface area (Å²) in [5.74, 6) is 0.227. The third-order valence-corrected chi connectivity index (χ3v) is 7.88.